The summed E-state index contributed by atoms with van der Waals surface area (Å²) in [5.41, 5.74) is 0. The number of rotatable bonds is 2. The molecule has 0 amide bonds. The number of allylic oxidation sites excluding steroid dienone is 1. The van der Waals surface area contributed by atoms with Gasteiger partial charge in [0.25, 0.3) is 0 Å². The van der Waals surface area contributed by atoms with Crippen molar-refractivity contribution in [1.29, 1.82) is 0 Å². The molecule has 56 valence electrons. The Morgan fingerprint density at radius 1 is 1.90 bits per heavy atom. The molecule has 0 bridgehead atoms. The molecule has 0 radical (unpaired) electrons. The number of thioether (sulfide) groups is 1. The van der Waals surface area contributed by atoms with Crippen LogP contribution in [0.4, 0.5) is 0 Å². The van der Waals surface area contributed by atoms with Crippen molar-refractivity contribution >= 4 is 17.5 Å². The third-order valence-corrected chi connectivity index (χ3v) is 3.12. The van der Waals surface area contributed by atoms with E-state index in [1.807, 2.05) is 13.0 Å². The topological polar surface area (TPSA) is 17.1 Å². The molecule has 2 unspecified atom stereocenters. The van der Waals surface area contributed by atoms with E-state index in [2.05, 4.69) is 6.58 Å². The molecule has 1 rings (SSSR count). The van der Waals surface area contributed by atoms with Gasteiger partial charge in [-0.1, -0.05) is 6.08 Å². The van der Waals surface area contributed by atoms with Crippen molar-refractivity contribution in [2.75, 3.05) is 0 Å². The van der Waals surface area contributed by atoms with Crippen molar-refractivity contribution < 1.29 is 4.79 Å². The fourth-order valence-corrected chi connectivity index (χ4v) is 2.46. The third-order valence-electron chi connectivity index (χ3n) is 1.71. The summed E-state index contributed by atoms with van der Waals surface area (Å²) in [5, 5.41) is 0.741. The van der Waals surface area contributed by atoms with E-state index in [-0.39, 0.29) is 5.25 Å². The Labute approximate surface area is 65.9 Å². The zero-order valence-electron chi connectivity index (χ0n) is 6.17. The van der Waals surface area contributed by atoms with Crippen LogP contribution < -0.4 is 0 Å². The highest BCUT2D eigenvalue weighted by Crippen LogP contribution is 2.32. The Morgan fingerprint density at radius 3 is 3.00 bits per heavy atom. The average molecular weight is 156 g/mol. The van der Waals surface area contributed by atoms with Gasteiger partial charge >= 0.3 is 0 Å². The van der Waals surface area contributed by atoms with E-state index in [4.69, 9.17) is 0 Å². The first-order valence-electron chi connectivity index (χ1n) is 3.53. The van der Waals surface area contributed by atoms with Gasteiger partial charge in [-0.3, -0.25) is 4.79 Å². The smallest absolute Gasteiger partial charge is 0.146 e. The fraction of sp³-hybridized carbons (Fsp3) is 0.625. The molecule has 0 aromatic carbocycles. The van der Waals surface area contributed by atoms with Crippen LogP contribution in [0.2, 0.25) is 0 Å². The summed E-state index contributed by atoms with van der Waals surface area (Å²) in [5.74, 6) is 0.400. The number of ketones is 1. The Balaban J connectivity index is 2.41. The minimum absolute atomic E-state index is 0.227. The van der Waals surface area contributed by atoms with Gasteiger partial charge in [0.15, 0.2) is 0 Å². The molecule has 0 saturated carbocycles. The number of Topliss-reactive ketones (excluding diaryl/α,β-unsaturated/α-hetero) is 1. The molecule has 1 saturated heterocycles. The van der Waals surface area contributed by atoms with Gasteiger partial charge in [0.2, 0.25) is 0 Å². The third kappa shape index (κ3) is 1.63. The molecule has 2 atom stereocenters. The lowest BCUT2D eigenvalue weighted by atomic mass is 10.1. The first kappa shape index (κ1) is 7.86. The largest absolute Gasteiger partial charge is 0.298 e. The Bertz CT molecular complexity index is 153. The van der Waals surface area contributed by atoms with Crippen LogP contribution in [-0.2, 0) is 4.79 Å². The lowest BCUT2D eigenvalue weighted by molar-refractivity contribution is -0.117. The van der Waals surface area contributed by atoms with Gasteiger partial charge < -0.3 is 0 Å². The van der Waals surface area contributed by atoms with Crippen molar-refractivity contribution in [3.63, 3.8) is 0 Å². The molecule has 1 heterocycles. The second kappa shape index (κ2) is 3.24. The number of hydrogen-bond donors (Lipinski definition) is 0. The van der Waals surface area contributed by atoms with Crippen LogP contribution in [0.5, 0.6) is 0 Å². The molecular formula is C8H12OS. The lowest BCUT2D eigenvalue weighted by Gasteiger charge is -2.01. The summed E-state index contributed by atoms with van der Waals surface area (Å²) in [6.45, 7) is 5.63. The van der Waals surface area contributed by atoms with Crippen LogP contribution in [0.1, 0.15) is 19.8 Å². The van der Waals surface area contributed by atoms with Gasteiger partial charge in [0.05, 0.1) is 5.25 Å². The molecule has 0 aromatic heterocycles. The fourth-order valence-electron chi connectivity index (χ4n) is 1.13. The van der Waals surface area contributed by atoms with Crippen LogP contribution in [0.25, 0.3) is 0 Å². The Morgan fingerprint density at radius 2 is 2.60 bits per heavy atom. The van der Waals surface area contributed by atoms with Crippen LogP contribution in [0, 0.1) is 0 Å². The van der Waals surface area contributed by atoms with Gasteiger partial charge in [-0.15, -0.1) is 18.3 Å². The minimum atomic E-state index is 0.227. The highest BCUT2D eigenvalue weighted by Gasteiger charge is 2.28. The predicted molar refractivity (Wildman–Crippen MR) is 45.3 cm³/mol. The summed E-state index contributed by atoms with van der Waals surface area (Å²) < 4.78 is 0. The van der Waals surface area contributed by atoms with Crippen molar-refractivity contribution in [3.05, 3.63) is 12.7 Å². The van der Waals surface area contributed by atoms with Gasteiger partial charge in [-0.2, -0.15) is 0 Å². The second-order valence-electron chi connectivity index (χ2n) is 2.60. The normalized spacial score (nSPS) is 32.7. The highest BCUT2D eigenvalue weighted by atomic mass is 32.2. The zero-order chi connectivity index (χ0) is 7.56. The SMILES string of the molecule is C=CCC1CC(=O)C(C)S1. The van der Waals surface area contributed by atoms with Crippen LogP contribution in [0.15, 0.2) is 12.7 Å². The van der Waals surface area contributed by atoms with Gasteiger partial charge in [0.1, 0.15) is 5.78 Å². The molecule has 0 N–H and O–H groups in total. The van der Waals surface area contributed by atoms with E-state index >= 15 is 0 Å². The van der Waals surface area contributed by atoms with Gasteiger partial charge in [-0.25, -0.2) is 0 Å². The molecule has 1 fully saturated rings. The first-order chi connectivity index (χ1) is 4.74. The van der Waals surface area contributed by atoms with E-state index in [1.54, 1.807) is 11.8 Å². The standard InChI is InChI=1S/C8H12OS/c1-3-4-7-5-8(9)6(2)10-7/h3,6-7H,1,4-5H2,2H3. The van der Waals surface area contributed by atoms with Crippen molar-refractivity contribution in [1.82, 2.24) is 0 Å². The van der Waals surface area contributed by atoms with Crippen LogP contribution in [-0.4, -0.2) is 16.3 Å². The second-order valence-corrected chi connectivity index (χ2v) is 4.24. The minimum Gasteiger partial charge on any atom is -0.298 e. The van der Waals surface area contributed by atoms with E-state index in [0.29, 0.717) is 11.0 Å². The highest BCUT2D eigenvalue weighted by molar-refractivity contribution is 8.01. The monoisotopic (exact) mass is 156 g/mol. The van der Waals surface area contributed by atoms with Crippen molar-refractivity contribution in [3.8, 4) is 0 Å². The summed E-state index contributed by atoms with van der Waals surface area (Å²) in [4.78, 5) is 11.0. The summed E-state index contributed by atoms with van der Waals surface area (Å²) in [7, 11) is 0. The molecule has 2 heteroatoms. The maximum Gasteiger partial charge on any atom is 0.146 e. The molecule has 10 heavy (non-hydrogen) atoms. The Kier molecular flexibility index (Phi) is 2.55. The van der Waals surface area contributed by atoms with Crippen LogP contribution in [0.3, 0.4) is 0 Å². The molecule has 1 aliphatic heterocycles. The van der Waals surface area contributed by atoms with Crippen LogP contribution >= 0.6 is 11.8 Å². The maximum absolute atomic E-state index is 11.0. The lowest BCUT2D eigenvalue weighted by Crippen LogP contribution is -2.03. The summed E-state index contributed by atoms with van der Waals surface area (Å²) >= 11 is 1.78. The molecular weight excluding hydrogens is 144 g/mol. The molecule has 1 nitrogen and oxygen atoms in total. The average Bonchev–Trinajstić information content (AvgIpc) is 2.14. The molecule has 1 aliphatic rings. The summed E-state index contributed by atoms with van der Waals surface area (Å²) in [6.07, 6.45) is 3.61. The number of hydrogen-bond acceptors (Lipinski definition) is 2. The predicted octanol–water partition coefficient (Wildman–Crippen LogP) is 2.03. The Hall–Kier alpha value is -0.240. The van der Waals surface area contributed by atoms with Crippen molar-refractivity contribution in [2.45, 2.75) is 30.3 Å². The van der Waals surface area contributed by atoms with E-state index in [0.717, 1.165) is 12.8 Å². The van der Waals surface area contributed by atoms with E-state index in [9.17, 15) is 4.79 Å². The van der Waals surface area contributed by atoms with Gasteiger partial charge in [0, 0.05) is 11.7 Å². The van der Waals surface area contributed by atoms with E-state index in [1.165, 1.54) is 0 Å². The van der Waals surface area contributed by atoms with Gasteiger partial charge in [-0.05, 0) is 13.3 Å². The first-order valence-corrected chi connectivity index (χ1v) is 4.47. The zero-order valence-corrected chi connectivity index (χ0v) is 6.99. The summed E-state index contributed by atoms with van der Waals surface area (Å²) in [6, 6.07) is 0. The molecule has 0 spiro atoms. The molecule has 0 aliphatic carbocycles. The van der Waals surface area contributed by atoms with Crippen molar-refractivity contribution in [2.24, 2.45) is 0 Å². The number of carbonyl (C=O) groups excluding carboxylic acids is 1. The molecule has 0 aromatic rings. The quantitative estimate of drug-likeness (QED) is 0.569. The maximum atomic E-state index is 11.0. The number of carbonyl (C=O) groups is 1. The van der Waals surface area contributed by atoms with E-state index < -0.39 is 0 Å².